The van der Waals surface area contributed by atoms with Crippen LogP contribution in [0.5, 0.6) is 0 Å². The maximum atomic E-state index is 12.5. The van der Waals surface area contributed by atoms with Crippen molar-refractivity contribution in [1.82, 2.24) is 5.32 Å². The number of hydrogen-bond donors (Lipinski definition) is 1. The second-order valence-corrected chi connectivity index (χ2v) is 11.3. The average Bonchev–Trinajstić information content (AvgIpc) is 2.92. The lowest BCUT2D eigenvalue weighted by Gasteiger charge is -2.46. The number of esters is 3. The van der Waals surface area contributed by atoms with Crippen LogP contribution in [0.1, 0.15) is 67.2 Å². The van der Waals surface area contributed by atoms with Gasteiger partial charge in [-0.1, -0.05) is 57.2 Å². The van der Waals surface area contributed by atoms with Crippen molar-refractivity contribution in [1.29, 1.82) is 0 Å². The first-order chi connectivity index (χ1) is 19.1. The lowest BCUT2D eigenvalue weighted by atomic mass is 9.60. The van der Waals surface area contributed by atoms with Crippen LogP contribution in [-0.2, 0) is 23.7 Å². The molecular weight excluding hydrogens is 514 g/mol. The highest BCUT2D eigenvalue weighted by Crippen LogP contribution is 2.49. The summed E-state index contributed by atoms with van der Waals surface area (Å²) in [7, 11) is 0. The highest BCUT2D eigenvalue weighted by Gasteiger charge is 2.42. The van der Waals surface area contributed by atoms with Crippen molar-refractivity contribution in [3.63, 3.8) is 0 Å². The SMILES string of the molecule is CC1(C)CC(CC(=O)OCCOC(=O)c2ccccc2)CC(C)(CNC(=O)OCCOC(=O)c2ccccc2)C1. The molecular formula is C31H39NO8. The van der Waals surface area contributed by atoms with Gasteiger partial charge in [0.25, 0.3) is 0 Å². The number of alkyl carbamates (subject to hydrolysis) is 1. The smallest absolute Gasteiger partial charge is 0.407 e. The van der Waals surface area contributed by atoms with Crippen LogP contribution in [0, 0.1) is 16.7 Å². The third-order valence-corrected chi connectivity index (χ3v) is 6.79. The summed E-state index contributed by atoms with van der Waals surface area (Å²) in [6, 6.07) is 17.2. The van der Waals surface area contributed by atoms with E-state index in [1.54, 1.807) is 54.6 Å². The Labute approximate surface area is 235 Å². The van der Waals surface area contributed by atoms with E-state index in [1.165, 1.54) is 0 Å². The van der Waals surface area contributed by atoms with Crippen molar-refractivity contribution < 1.29 is 38.1 Å². The van der Waals surface area contributed by atoms with Gasteiger partial charge in [-0.3, -0.25) is 4.79 Å². The Balaban J connectivity index is 1.36. The molecule has 0 heterocycles. The Hall–Kier alpha value is -3.88. The molecule has 0 saturated heterocycles. The number of rotatable bonds is 12. The Morgan fingerprint density at radius 2 is 1.23 bits per heavy atom. The number of carbonyl (C=O) groups is 4. The number of benzene rings is 2. The van der Waals surface area contributed by atoms with Gasteiger partial charge in [0.1, 0.15) is 26.4 Å². The number of ether oxygens (including phenoxy) is 4. The molecule has 0 aliphatic heterocycles. The summed E-state index contributed by atoms with van der Waals surface area (Å²) >= 11 is 0. The summed E-state index contributed by atoms with van der Waals surface area (Å²) in [5.74, 6) is -1.18. The van der Waals surface area contributed by atoms with Crippen LogP contribution in [0.25, 0.3) is 0 Å². The first kappa shape index (κ1) is 30.7. The van der Waals surface area contributed by atoms with E-state index in [0.717, 1.165) is 19.3 Å². The van der Waals surface area contributed by atoms with Crippen molar-refractivity contribution in [2.75, 3.05) is 33.0 Å². The van der Waals surface area contributed by atoms with E-state index in [-0.39, 0.29) is 55.6 Å². The molecule has 0 radical (unpaired) electrons. The molecule has 2 unspecified atom stereocenters. The van der Waals surface area contributed by atoms with Crippen LogP contribution in [0.2, 0.25) is 0 Å². The van der Waals surface area contributed by atoms with Gasteiger partial charge in [0.15, 0.2) is 0 Å². The number of carbonyl (C=O) groups excluding carboxylic acids is 4. The fourth-order valence-corrected chi connectivity index (χ4v) is 5.63. The highest BCUT2D eigenvalue weighted by atomic mass is 16.6. The summed E-state index contributed by atoms with van der Waals surface area (Å²) < 4.78 is 20.8. The van der Waals surface area contributed by atoms with Gasteiger partial charge < -0.3 is 24.3 Å². The molecule has 2 aromatic carbocycles. The van der Waals surface area contributed by atoms with Gasteiger partial charge in [0, 0.05) is 13.0 Å². The normalized spacial score (nSPS) is 19.6. The topological polar surface area (TPSA) is 117 Å². The molecule has 0 aromatic heterocycles. The van der Waals surface area contributed by atoms with Gasteiger partial charge in [-0.25, -0.2) is 14.4 Å². The van der Waals surface area contributed by atoms with Gasteiger partial charge in [0.2, 0.25) is 0 Å². The Bertz CT molecular complexity index is 1130. The van der Waals surface area contributed by atoms with E-state index in [4.69, 9.17) is 18.9 Å². The van der Waals surface area contributed by atoms with Gasteiger partial charge in [-0.2, -0.15) is 0 Å². The molecule has 3 rings (SSSR count). The molecule has 1 amide bonds. The Morgan fingerprint density at radius 1 is 0.725 bits per heavy atom. The zero-order valence-corrected chi connectivity index (χ0v) is 23.5. The molecule has 1 aliphatic rings. The van der Waals surface area contributed by atoms with Crippen molar-refractivity contribution in [3.05, 3.63) is 71.8 Å². The zero-order chi connectivity index (χ0) is 29.0. The molecule has 1 N–H and O–H groups in total. The van der Waals surface area contributed by atoms with E-state index in [1.807, 2.05) is 6.07 Å². The molecule has 2 aromatic rings. The van der Waals surface area contributed by atoms with Crippen molar-refractivity contribution in [3.8, 4) is 0 Å². The molecule has 1 aliphatic carbocycles. The van der Waals surface area contributed by atoms with Crippen LogP contribution in [0.4, 0.5) is 4.79 Å². The van der Waals surface area contributed by atoms with E-state index in [2.05, 4.69) is 26.1 Å². The first-order valence-electron chi connectivity index (χ1n) is 13.6. The van der Waals surface area contributed by atoms with Gasteiger partial charge in [-0.05, 0) is 60.3 Å². The summed E-state index contributed by atoms with van der Waals surface area (Å²) in [6.45, 7) is 6.69. The lowest BCUT2D eigenvalue weighted by molar-refractivity contribution is -0.147. The van der Waals surface area contributed by atoms with Crippen molar-refractivity contribution in [2.24, 2.45) is 16.7 Å². The predicted octanol–water partition coefficient (Wildman–Crippen LogP) is 5.19. The fraction of sp³-hybridized carbons (Fsp3) is 0.484. The fourth-order valence-electron chi connectivity index (χ4n) is 5.63. The van der Waals surface area contributed by atoms with E-state index < -0.39 is 18.0 Å². The van der Waals surface area contributed by atoms with Crippen molar-refractivity contribution in [2.45, 2.75) is 46.5 Å². The quantitative estimate of drug-likeness (QED) is 0.217. The standard InChI is InChI=1S/C31H39NO8/c1-30(2)19-23(18-26(33)37-14-15-38-27(34)24-10-6-4-7-11-24)20-31(3,21-30)22-32-29(36)40-17-16-39-28(35)25-12-8-5-9-13-25/h4-13,23H,14-22H2,1-3H3,(H,32,36). The van der Waals surface area contributed by atoms with Crippen LogP contribution in [0.15, 0.2) is 60.7 Å². The van der Waals surface area contributed by atoms with Crippen LogP contribution >= 0.6 is 0 Å². The molecule has 2 atom stereocenters. The monoisotopic (exact) mass is 553 g/mol. The summed E-state index contributed by atoms with van der Waals surface area (Å²) in [6.07, 6.45) is 2.14. The minimum atomic E-state index is -0.582. The number of hydrogen-bond acceptors (Lipinski definition) is 8. The number of nitrogens with one attached hydrogen (secondary N) is 1. The second kappa shape index (κ2) is 14.5. The van der Waals surface area contributed by atoms with E-state index >= 15 is 0 Å². The van der Waals surface area contributed by atoms with Crippen molar-refractivity contribution >= 4 is 24.0 Å². The Morgan fingerprint density at radius 3 is 1.77 bits per heavy atom. The third kappa shape index (κ3) is 10.4. The van der Waals surface area contributed by atoms with Gasteiger partial charge in [0.05, 0.1) is 11.1 Å². The largest absolute Gasteiger partial charge is 0.462 e. The molecule has 1 fully saturated rings. The van der Waals surface area contributed by atoms with Crippen LogP contribution in [-0.4, -0.2) is 57.0 Å². The maximum absolute atomic E-state index is 12.5. The molecule has 0 bridgehead atoms. The van der Waals surface area contributed by atoms with Crippen LogP contribution in [0.3, 0.4) is 0 Å². The van der Waals surface area contributed by atoms with E-state index in [0.29, 0.717) is 17.7 Å². The minimum Gasteiger partial charge on any atom is -0.462 e. The maximum Gasteiger partial charge on any atom is 0.407 e. The minimum absolute atomic E-state index is 0.00115. The number of amides is 1. The Kier molecular flexibility index (Phi) is 11.1. The first-order valence-corrected chi connectivity index (χ1v) is 13.6. The molecule has 216 valence electrons. The summed E-state index contributed by atoms with van der Waals surface area (Å²) in [4.78, 5) is 48.7. The van der Waals surface area contributed by atoms with E-state index in [9.17, 15) is 19.2 Å². The molecule has 9 heteroatoms. The molecule has 1 saturated carbocycles. The predicted molar refractivity (Wildman–Crippen MR) is 148 cm³/mol. The van der Waals surface area contributed by atoms with Crippen LogP contribution < -0.4 is 5.32 Å². The average molecular weight is 554 g/mol. The molecule has 0 spiro atoms. The second-order valence-electron chi connectivity index (χ2n) is 11.3. The molecule has 40 heavy (non-hydrogen) atoms. The van der Waals surface area contributed by atoms with Gasteiger partial charge in [-0.15, -0.1) is 0 Å². The summed E-state index contributed by atoms with van der Waals surface area (Å²) in [5, 5.41) is 2.82. The summed E-state index contributed by atoms with van der Waals surface area (Å²) in [5.41, 5.74) is 0.614. The van der Waals surface area contributed by atoms with Gasteiger partial charge >= 0.3 is 24.0 Å². The lowest BCUT2D eigenvalue weighted by Crippen LogP contribution is -2.44. The third-order valence-electron chi connectivity index (χ3n) is 6.79. The zero-order valence-electron chi connectivity index (χ0n) is 23.5. The highest BCUT2D eigenvalue weighted by molar-refractivity contribution is 5.89. The molecule has 9 nitrogen and oxygen atoms in total.